The highest BCUT2D eigenvalue weighted by Gasteiger charge is 2.46. The van der Waals surface area contributed by atoms with Gasteiger partial charge in [0.05, 0.1) is 13.0 Å². The third-order valence-corrected chi connectivity index (χ3v) is 4.95. The van der Waals surface area contributed by atoms with Crippen molar-refractivity contribution >= 4 is 46.9 Å². The molecule has 2 aliphatic rings. The van der Waals surface area contributed by atoms with Crippen LogP contribution in [0.1, 0.15) is 32.6 Å². The molecule has 5 nitrogen and oxygen atoms in total. The first kappa shape index (κ1) is 18.0. The van der Waals surface area contributed by atoms with Crippen molar-refractivity contribution < 1.29 is 19.1 Å². The minimum atomic E-state index is -1.60. The summed E-state index contributed by atoms with van der Waals surface area (Å²) in [6.45, 7) is 1.61. The van der Waals surface area contributed by atoms with E-state index in [2.05, 4.69) is 0 Å². The highest BCUT2D eigenvalue weighted by molar-refractivity contribution is 6.67. The number of halogens is 3. The molecule has 3 unspecified atom stereocenters. The van der Waals surface area contributed by atoms with Gasteiger partial charge in [-0.3, -0.25) is 4.79 Å². The number of esters is 1. The normalized spacial score (nSPS) is 29.1. The Hall–Kier alpha value is -0.390. The van der Waals surface area contributed by atoms with E-state index in [9.17, 15) is 9.59 Å². The van der Waals surface area contributed by atoms with E-state index in [4.69, 9.17) is 44.3 Å². The summed E-state index contributed by atoms with van der Waals surface area (Å²) in [6.07, 6.45) is 2.93. The molecular formula is C14H20Cl3NO4. The molecule has 8 heteroatoms. The number of rotatable bonds is 3. The largest absolute Gasteiger partial charge is 0.469 e. The lowest BCUT2D eigenvalue weighted by atomic mass is 9.82. The van der Waals surface area contributed by atoms with Crippen LogP contribution >= 0.6 is 34.8 Å². The minimum absolute atomic E-state index is 0.0822. The number of amides is 1. The Labute approximate surface area is 145 Å². The fraction of sp³-hybridized carbons (Fsp3) is 0.857. The fourth-order valence-electron chi connectivity index (χ4n) is 3.52. The second-order valence-corrected chi connectivity index (χ2v) is 8.52. The number of alkyl halides is 3. The Morgan fingerprint density at radius 3 is 2.23 bits per heavy atom. The molecule has 2 bridgehead atoms. The fourth-order valence-corrected chi connectivity index (χ4v) is 3.69. The number of methoxy groups -OCH3 is 1. The number of carbonyl (C=O) groups excluding carboxylic acids is 2. The molecule has 2 fully saturated rings. The summed E-state index contributed by atoms with van der Waals surface area (Å²) in [4.78, 5) is 25.7. The van der Waals surface area contributed by atoms with Crippen molar-refractivity contribution in [3.63, 3.8) is 0 Å². The molecular weight excluding hydrogens is 353 g/mol. The molecule has 0 N–H and O–H groups in total. The van der Waals surface area contributed by atoms with Crippen LogP contribution in [0, 0.1) is 11.8 Å². The van der Waals surface area contributed by atoms with Gasteiger partial charge in [-0.05, 0) is 31.6 Å². The lowest BCUT2D eigenvalue weighted by Gasteiger charge is -2.39. The summed E-state index contributed by atoms with van der Waals surface area (Å²) in [6, 6.07) is 0.164. The van der Waals surface area contributed by atoms with E-state index in [0.29, 0.717) is 0 Å². The molecule has 2 aliphatic heterocycles. The predicted octanol–water partition coefficient (Wildman–Crippen LogP) is 3.55. The molecule has 0 aromatic heterocycles. The number of fused-ring (bicyclic) bond motifs is 2. The second kappa shape index (κ2) is 7.02. The number of hydrogen-bond donors (Lipinski definition) is 0. The van der Waals surface area contributed by atoms with Crippen LogP contribution in [0.15, 0.2) is 0 Å². The highest BCUT2D eigenvalue weighted by Crippen LogP contribution is 2.42. The zero-order valence-electron chi connectivity index (χ0n) is 12.6. The molecule has 0 aromatic carbocycles. The van der Waals surface area contributed by atoms with Crippen LogP contribution < -0.4 is 0 Å². The SMILES string of the molecule is COC(=O)C(C)C1CC2CCC(C1)N2C(=O)OCC(Cl)(Cl)Cl. The first-order valence-electron chi connectivity index (χ1n) is 7.32. The number of hydrogen-bond acceptors (Lipinski definition) is 4. The van der Waals surface area contributed by atoms with Gasteiger partial charge < -0.3 is 14.4 Å². The van der Waals surface area contributed by atoms with Crippen LogP contribution in [0.4, 0.5) is 4.79 Å². The molecule has 2 heterocycles. The van der Waals surface area contributed by atoms with Gasteiger partial charge in [0.1, 0.15) is 6.61 Å². The average Bonchev–Trinajstić information content (AvgIpc) is 2.72. The average molecular weight is 373 g/mol. The summed E-state index contributed by atoms with van der Waals surface area (Å²) in [5, 5.41) is 0. The van der Waals surface area contributed by atoms with Crippen molar-refractivity contribution in [1.82, 2.24) is 4.90 Å². The molecule has 22 heavy (non-hydrogen) atoms. The molecule has 126 valence electrons. The van der Waals surface area contributed by atoms with Crippen molar-refractivity contribution in [1.29, 1.82) is 0 Å². The van der Waals surface area contributed by atoms with Gasteiger partial charge in [0.25, 0.3) is 0 Å². The Balaban J connectivity index is 1.96. The first-order valence-corrected chi connectivity index (χ1v) is 8.46. The first-order chi connectivity index (χ1) is 10.2. The summed E-state index contributed by atoms with van der Waals surface area (Å²) in [5.41, 5.74) is 0. The summed E-state index contributed by atoms with van der Waals surface area (Å²) in [7, 11) is 1.40. The van der Waals surface area contributed by atoms with Crippen molar-refractivity contribution in [2.24, 2.45) is 11.8 Å². The standard InChI is InChI=1S/C14H20Cl3NO4/c1-8(12(19)21-2)9-5-10-3-4-11(6-9)18(10)13(20)22-7-14(15,16)17/h8-11H,3-7H2,1-2H3. The van der Waals surface area contributed by atoms with Gasteiger partial charge in [0, 0.05) is 12.1 Å². The molecule has 2 saturated heterocycles. The summed E-state index contributed by atoms with van der Waals surface area (Å²) >= 11 is 16.8. The number of carbonyl (C=O) groups is 2. The molecule has 0 aromatic rings. The molecule has 0 spiro atoms. The van der Waals surface area contributed by atoms with Crippen molar-refractivity contribution in [2.75, 3.05) is 13.7 Å². The van der Waals surface area contributed by atoms with E-state index in [1.807, 2.05) is 6.92 Å². The highest BCUT2D eigenvalue weighted by atomic mass is 35.6. The topological polar surface area (TPSA) is 55.8 Å². The minimum Gasteiger partial charge on any atom is -0.469 e. The zero-order chi connectivity index (χ0) is 16.5. The van der Waals surface area contributed by atoms with Gasteiger partial charge in [-0.15, -0.1) is 0 Å². The Bertz CT molecular complexity index is 426. The predicted molar refractivity (Wildman–Crippen MR) is 84.2 cm³/mol. The van der Waals surface area contributed by atoms with Crippen LogP contribution in [0.3, 0.4) is 0 Å². The number of piperidine rings is 1. The Kier molecular flexibility index (Phi) is 5.73. The second-order valence-electron chi connectivity index (χ2n) is 6.01. The molecule has 0 aliphatic carbocycles. The Morgan fingerprint density at radius 2 is 1.77 bits per heavy atom. The van der Waals surface area contributed by atoms with E-state index < -0.39 is 9.89 Å². The monoisotopic (exact) mass is 371 g/mol. The molecule has 0 saturated carbocycles. The van der Waals surface area contributed by atoms with E-state index >= 15 is 0 Å². The maximum absolute atomic E-state index is 12.2. The van der Waals surface area contributed by atoms with Crippen LogP contribution in [0.25, 0.3) is 0 Å². The van der Waals surface area contributed by atoms with Crippen molar-refractivity contribution in [3.05, 3.63) is 0 Å². The van der Waals surface area contributed by atoms with E-state index in [-0.39, 0.29) is 36.5 Å². The third kappa shape index (κ3) is 4.12. The van der Waals surface area contributed by atoms with E-state index in [0.717, 1.165) is 25.7 Å². The zero-order valence-corrected chi connectivity index (χ0v) is 14.8. The lowest BCUT2D eigenvalue weighted by molar-refractivity contribution is -0.147. The number of ether oxygens (including phenoxy) is 2. The number of nitrogens with zero attached hydrogens (tertiary/aromatic N) is 1. The lowest BCUT2D eigenvalue weighted by Crippen LogP contribution is -2.48. The maximum atomic E-state index is 12.2. The van der Waals surface area contributed by atoms with Crippen LogP contribution in [0.5, 0.6) is 0 Å². The van der Waals surface area contributed by atoms with Gasteiger partial charge in [0.2, 0.25) is 3.79 Å². The van der Waals surface area contributed by atoms with E-state index in [1.54, 1.807) is 4.90 Å². The Morgan fingerprint density at radius 1 is 1.23 bits per heavy atom. The quantitative estimate of drug-likeness (QED) is 0.561. The third-order valence-electron chi connectivity index (χ3n) is 4.62. The molecule has 1 amide bonds. The maximum Gasteiger partial charge on any atom is 0.410 e. The molecule has 3 atom stereocenters. The van der Waals surface area contributed by atoms with Gasteiger partial charge in [-0.1, -0.05) is 41.7 Å². The van der Waals surface area contributed by atoms with Crippen LogP contribution in [-0.4, -0.2) is 46.6 Å². The van der Waals surface area contributed by atoms with Gasteiger partial charge in [-0.2, -0.15) is 0 Å². The molecule has 0 radical (unpaired) electrons. The summed E-state index contributed by atoms with van der Waals surface area (Å²) < 4.78 is 8.30. The van der Waals surface area contributed by atoms with Crippen LogP contribution in [0.2, 0.25) is 0 Å². The van der Waals surface area contributed by atoms with Gasteiger partial charge in [0.15, 0.2) is 0 Å². The summed E-state index contributed by atoms with van der Waals surface area (Å²) in [5.74, 6) is -0.133. The van der Waals surface area contributed by atoms with E-state index in [1.165, 1.54) is 7.11 Å². The van der Waals surface area contributed by atoms with Gasteiger partial charge in [-0.25, -0.2) is 4.79 Å². The van der Waals surface area contributed by atoms with Crippen LogP contribution in [-0.2, 0) is 14.3 Å². The van der Waals surface area contributed by atoms with Crippen molar-refractivity contribution in [2.45, 2.75) is 48.5 Å². The smallest absolute Gasteiger partial charge is 0.410 e. The molecule has 2 rings (SSSR count). The van der Waals surface area contributed by atoms with Crippen molar-refractivity contribution in [3.8, 4) is 0 Å². The van der Waals surface area contributed by atoms with Gasteiger partial charge >= 0.3 is 12.1 Å².